The summed E-state index contributed by atoms with van der Waals surface area (Å²) in [7, 11) is 1.63. The van der Waals surface area contributed by atoms with E-state index in [0.29, 0.717) is 28.1 Å². The Balaban J connectivity index is 1.38. The molecule has 7 atom stereocenters. The molecule has 0 radical (unpaired) electrons. The molecular formula is C44H55N9O9. The number of nitrogens with one attached hydrogen (secondary N) is 7. The molecule has 62 heavy (non-hydrogen) atoms. The lowest BCUT2D eigenvalue weighted by molar-refractivity contribution is -0.143. The summed E-state index contributed by atoms with van der Waals surface area (Å²) in [6.07, 6.45) is 1.75. The first-order valence-electron chi connectivity index (χ1n) is 20.6. The normalized spacial score (nSPS) is 23.0. The summed E-state index contributed by atoms with van der Waals surface area (Å²) >= 11 is 0. The molecule has 7 rings (SSSR count). The first-order chi connectivity index (χ1) is 29.7. The Morgan fingerprint density at radius 1 is 0.839 bits per heavy atom. The van der Waals surface area contributed by atoms with E-state index in [1.165, 1.54) is 17.0 Å². The molecule has 0 aliphatic carbocycles. The monoisotopic (exact) mass is 853 g/mol. The number of carboxylic acid groups (broad SMARTS) is 1. The van der Waals surface area contributed by atoms with Gasteiger partial charge < -0.3 is 51.9 Å². The molecule has 3 aromatic rings. The van der Waals surface area contributed by atoms with E-state index in [1.807, 2.05) is 6.07 Å². The van der Waals surface area contributed by atoms with E-state index in [4.69, 9.17) is 4.74 Å². The Bertz CT molecular complexity index is 2120. The Morgan fingerprint density at radius 2 is 1.47 bits per heavy atom. The zero-order valence-corrected chi connectivity index (χ0v) is 35.1. The van der Waals surface area contributed by atoms with Crippen molar-refractivity contribution >= 4 is 35.5 Å². The molecule has 18 nitrogen and oxygen atoms in total. The fourth-order valence-corrected chi connectivity index (χ4v) is 7.52. The second-order valence-corrected chi connectivity index (χ2v) is 16.2. The van der Waals surface area contributed by atoms with Crippen LogP contribution in [-0.2, 0) is 48.0 Å². The highest BCUT2D eigenvalue weighted by atomic mass is 16.5. The molecule has 0 unspecified atom stereocenters. The number of carboxylic acids is 1. The SMILES string of the molecule is CN[C@@H](C)C(=O)N[C@H](C(=O)N1C[C@@H]2C[C@H]1C(=O)N[C@@H](Cc1ccccc1)C(=O)N[C@@H](Cc1ccc(O)cc1)C(=O)N[C@H](C(=O)O)Cc1ccc(cc1)OCC1=CN2NN1)C(C)C. The van der Waals surface area contributed by atoms with Gasteiger partial charge >= 0.3 is 5.97 Å². The minimum atomic E-state index is -1.38. The molecule has 0 aromatic heterocycles. The van der Waals surface area contributed by atoms with E-state index in [9.17, 15) is 39.0 Å². The number of hydrogen-bond acceptors (Lipinski definition) is 12. The number of carbonyl (C=O) groups excluding carboxylic acids is 5. The number of ether oxygens (including phenoxy) is 1. The summed E-state index contributed by atoms with van der Waals surface area (Å²) in [5, 5.41) is 35.9. The molecule has 6 bridgehead atoms. The molecular weight excluding hydrogens is 799 g/mol. The second kappa shape index (κ2) is 20.3. The van der Waals surface area contributed by atoms with Crippen molar-refractivity contribution in [1.82, 2.24) is 47.5 Å². The third-order valence-electron chi connectivity index (χ3n) is 11.3. The maximum atomic E-state index is 14.7. The Hall–Kier alpha value is -6.66. The molecule has 0 spiro atoms. The number of rotatable bonds is 10. The van der Waals surface area contributed by atoms with Gasteiger partial charge in [0.25, 0.3) is 0 Å². The predicted octanol–water partition coefficient (Wildman–Crippen LogP) is 0.236. The third-order valence-corrected chi connectivity index (χ3v) is 11.3. The molecule has 330 valence electrons. The third kappa shape index (κ3) is 11.4. The van der Waals surface area contributed by atoms with Gasteiger partial charge in [0.2, 0.25) is 29.5 Å². The largest absolute Gasteiger partial charge is 0.508 e. The van der Waals surface area contributed by atoms with Crippen LogP contribution in [0.5, 0.6) is 11.5 Å². The minimum absolute atomic E-state index is 0.0000833. The number of phenolic OH excluding ortho intramolecular Hbond substituents is 1. The van der Waals surface area contributed by atoms with Gasteiger partial charge in [0.1, 0.15) is 48.3 Å². The summed E-state index contributed by atoms with van der Waals surface area (Å²) in [6.45, 7) is 5.46. The number of phenols is 1. The van der Waals surface area contributed by atoms with E-state index in [0.717, 1.165) is 0 Å². The van der Waals surface area contributed by atoms with E-state index in [1.54, 1.807) is 99.7 Å². The maximum Gasteiger partial charge on any atom is 0.326 e. The molecule has 0 saturated carbocycles. The van der Waals surface area contributed by atoms with E-state index in [2.05, 4.69) is 37.5 Å². The van der Waals surface area contributed by atoms with Gasteiger partial charge in [-0.05, 0) is 60.8 Å². The van der Waals surface area contributed by atoms with Gasteiger partial charge in [0.05, 0.1) is 17.8 Å². The first kappa shape index (κ1) is 44.9. The Morgan fingerprint density at radius 3 is 2.10 bits per heavy atom. The molecule has 4 aliphatic heterocycles. The van der Waals surface area contributed by atoms with Gasteiger partial charge in [-0.25, -0.2) is 4.79 Å². The van der Waals surface area contributed by atoms with Crippen molar-refractivity contribution in [3.05, 3.63) is 107 Å². The fourth-order valence-electron chi connectivity index (χ4n) is 7.52. The van der Waals surface area contributed by atoms with Crippen LogP contribution in [0.1, 0.15) is 43.9 Å². The molecule has 1 saturated heterocycles. The van der Waals surface area contributed by atoms with Gasteiger partial charge in [-0.3, -0.25) is 29.0 Å². The van der Waals surface area contributed by atoms with Gasteiger partial charge in [-0.2, -0.15) is 0 Å². The predicted molar refractivity (Wildman–Crippen MR) is 226 cm³/mol. The molecule has 1 fully saturated rings. The van der Waals surface area contributed by atoms with Crippen molar-refractivity contribution in [2.24, 2.45) is 5.92 Å². The summed E-state index contributed by atoms with van der Waals surface area (Å²) < 4.78 is 6.01. The highest BCUT2D eigenvalue weighted by molar-refractivity contribution is 5.97. The second-order valence-electron chi connectivity index (χ2n) is 16.2. The number of fused-ring (bicyclic) bond motifs is 12. The standard InChI is InChI=1S/C44H55N9O9/c1-25(2)38(49-39(55)26(3)45-4)43(59)52-23-31-21-37(52)42(58)47-35(18-27-8-6-5-7-9-27)40(56)46-34(19-28-10-14-32(54)15-11-28)41(57)48-36(44(60)61)20-29-12-16-33(17-13-29)62-24-30-22-53(31)51-50-30/h5-17,22,25-26,31,34-38,45,50-51,54H,18-21,23-24H2,1-4H3,(H,46,56)(H,47,58)(H,48,57)(H,49,55)(H,60,61)/t26-,31-,34-,35-,36-,37-,38-/m0/s1. The highest BCUT2D eigenvalue weighted by Gasteiger charge is 2.46. The van der Waals surface area contributed by atoms with Crippen molar-refractivity contribution < 1.29 is 43.7 Å². The van der Waals surface area contributed by atoms with Crippen LogP contribution in [0.4, 0.5) is 0 Å². The zero-order valence-electron chi connectivity index (χ0n) is 35.1. The van der Waals surface area contributed by atoms with E-state index >= 15 is 0 Å². The van der Waals surface area contributed by atoms with Crippen LogP contribution < -0.4 is 42.3 Å². The van der Waals surface area contributed by atoms with Crippen LogP contribution in [-0.4, -0.2) is 118 Å². The van der Waals surface area contributed by atoms with Crippen LogP contribution >= 0.6 is 0 Å². The van der Waals surface area contributed by atoms with Gasteiger partial charge in [0.15, 0.2) is 0 Å². The molecule has 18 heteroatoms. The van der Waals surface area contributed by atoms with Crippen LogP contribution in [0.2, 0.25) is 0 Å². The van der Waals surface area contributed by atoms with Crippen LogP contribution in [0, 0.1) is 5.92 Å². The lowest BCUT2D eigenvalue weighted by Gasteiger charge is -2.32. The number of likely N-dealkylation sites (N-methyl/N-ethyl adjacent to an activating group) is 1. The lowest BCUT2D eigenvalue weighted by Crippen LogP contribution is -2.60. The van der Waals surface area contributed by atoms with Crippen molar-refractivity contribution in [3.63, 3.8) is 0 Å². The summed E-state index contributed by atoms with van der Waals surface area (Å²) in [4.78, 5) is 84.8. The first-order valence-corrected chi connectivity index (χ1v) is 20.6. The fraction of sp³-hybridized carbons (Fsp3) is 0.409. The van der Waals surface area contributed by atoms with Crippen LogP contribution in [0.3, 0.4) is 0 Å². The average Bonchev–Trinajstić information content (AvgIpc) is 3.93. The maximum absolute atomic E-state index is 14.7. The highest BCUT2D eigenvalue weighted by Crippen LogP contribution is 2.26. The number of carbonyl (C=O) groups is 6. The molecule has 5 amide bonds. The number of amides is 5. The minimum Gasteiger partial charge on any atom is -0.508 e. The number of hydrazine groups is 2. The van der Waals surface area contributed by atoms with Crippen molar-refractivity contribution in [2.75, 3.05) is 20.2 Å². The molecule has 4 heterocycles. The molecule has 3 aromatic carbocycles. The summed E-state index contributed by atoms with van der Waals surface area (Å²) in [5.74, 6) is -4.18. The topological polar surface area (TPSA) is 243 Å². The van der Waals surface area contributed by atoms with E-state index < -0.39 is 71.9 Å². The summed E-state index contributed by atoms with van der Waals surface area (Å²) in [5.41, 5.74) is 8.66. The zero-order chi connectivity index (χ0) is 44.5. The number of aromatic hydroxyl groups is 1. The van der Waals surface area contributed by atoms with Gasteiger partial charge in [-0.15, -0.1) is 5.53 Å². The Labute approximate surface area is 359 Å². The van der Waals surface area contributed by atoms with Crippen LogP contribution in [0.15, 0.2) is 90.8 Å². The van der Waals surface area contributed by atoms with Crippen molar-refractivity contribution in [3.8, 4) is 11.5 Å². The van der Waals surface area contributed by atoms with Crippen molar-refractivity contribution in [1.29, 1.82) is 0 Å². The number of benzene rings is 3. The van der Waals surface area contributed by atoms with Crippen molar-refractivity contribution in [2.45, 2.75) is 88.7 Å². The average molecular weight is 854 g/mol. The smallest absolute Gasteiger partial charge is 0.326 e. The summed E-state index contributed by atoms with van der Waals surface area (Å²) in [6, 6.07) is 14.7. The lowest BCUT2D eigenvalue weighted by atomic mass is 10.0. The van der Waals surface area contributed by atoms with Gasteiger partial charge in [-0.1, -0.05) is 68.4 Å². The number of hydrogen-bond donors (Lipinski definition) is 9. The molecule has 4 aliphatic rings. The number of likely N-dealkylation sites (tertiary alicyclic amines) is 1. The van der Waals surface area contributed by atoms with E-state index in [-0.39, 0.29) is 56.4 Å². The molecule has 9 N–H and O–H groups in total. The Kier molecular flexibility index (Phi) is 14.7. The van der Waals surface area contributed by atoms with Gasteiger partial charge in [0, 0.05) is 38.4 Å². The number of nitrogens with zero attached hydrogens (tertiary/aromatic N) is 2. The quantitative estimate of drug-likeness (QED) is 0.124. The van der Waals surface area contributed by atoms with Crippen LogP contribution in [0.25, 0.3) is 0 Å². The number of aliphatic carboxylic acids is 1.